The lowest BCUT2D eigenvalue weighted by Gasteiger charge is -2.35. The molecule has 2 unspecified atom stereocenters. The van der Waals surface area contributed by atoms with Crippen LogP contribution in [0.5, 0.6) is 0 Å². The topological polar surface area (TPSA) is 36.3 Å². The van der Waals surface area contributed by atoms with Crippen molar-refractivity contribution in [2.75, 3.05) is 40.3 Å². The Morgan fingerprint density at radius 3 is 2.71 bits per heavy atom. The van der Waals surface area contributed by atoms with Crippen molar-refractivity contribution in [3.63, 3.8) is 0 Å². The molecule has 1 fully saturated rings. The summed E-state index contributed by atoms with van der Waals surface area (Å²) < 4.78 is 2.03. The Morgan fingerprint density at radius 2 is 2.10 bits per heavy atom. The fourth-order valence-electron chi connectivity index (χ4n) is 3.43. The average molecular weight is 293 g/mol. The highest BCUT2D eigenvalue weighted by Gasteiger charge is 2.28. The first-order valence-electron chi connectivity index (χ1n) is 8.13. The van der Waals surface area contributed by atoms with Gasteiger partial charge in [0.05, 0.1) is 5.69 Å². The van der Waals surface area contributed by atoms with Gasteiger partial charge in [-0.05, 0) is 53.1 Å². The van der Waals surface area contributed by atoms with Crippen LogP contribution in [0.15, 0.2) is 6.07 Å². The lowest BCUT2D eigenvalue weighted by atomic mass is 10.0. The van der Waals surface area contributed by atoms with Crippen molar-refractivity contribution in [2.24, 2.45) is 7.05 Å². The standard InChI is InChI=1S/C16H31N5/c1-6-17-15(11-14-10-13(2)18-21(14)5)16-12-19(3)8-7-9-20(16)4/h10,15-17H,6-9,11-12H2,1-5H3. The third-order valence-electron chi connectivity index (χ3n) is 4.57. The van der Waals surface area contributed by atoms with Crippen LogP contribution in [0.4, 0.5) is 0 Å². The maximum absolute atomic E-state index is 4.49. The molecule has 0 spiro atoms. The van der Waals surface area contributed by atoms with Crippen molar-refractivity contribution in [1.82, 2.24) is 24.9 Å². The number of hydrogen-bond acceptors (Lipinski definition) is 4. The van der Waals surface area contributed by atoms with E-state index in [1.54, 1.807) is 0 Å². The molecule has 120 valence electrons. The van der Waals surface area contributed by atoms with E-state index in [1.165, 1.54) is 25.2 Å². The minimum atomic E-state index is 0.468. The molecule has 1 N–H and O–H groups in total. The van der Waals surface area contributed by atoms with E-state index >= 15 is 0 Å². The Bertz CT molecular complexity index is 442. The van der Waals surface area contributed by atoms with Gasteiger partial charge in [0.1, 0.15) is 0 Å². The third kappa shape index (κ3) is 4.28. The molecular weight excluding hydrogens is 262 g/mol. The molecule has 1 saturated heterocycles. The quantitative estimate of drug-likeness (QED) is 0.874. The second-order valence-corrected chi connectivity index (χ2v) is 6.43. The highest BCUT2D eigenvalue weighted by molar-refractivity contribution is 5.11. The highest BCUT2D eigenvalue weighted by atomic mass is 15.3. The number of aryl methyl sites for hydroxylation is 2. The minimum absolute atomic E-state index is 0.468. The van der Waals surface area contributed by atoms with Crippen molar-refractivity contribution in [1.29, 1.82) is 0 Å². The summed E-state index contributed by atoms with van der Waals surface area (Å²) in [5.41, 5.74) is 2.42. The van der Waals surface area contributed by atoms with Crippen molar-refractivity contribution >= 4 is 0 Å². The molecule has 0 saturated carbocycles. The van der Waals surface area contributed by atoms with Gasteiger partial charge >= 0.3 is 0 Å². The first-order valence-corrected chi connectivity index (χ1v) is 8.13. The number of nitrogens with one attached hydrogen (secondary N) is 1. The molecule has 1 aliphatic rings. The summed E-state index contributed by atoms with van der Waals surface area (Å²) in [6.07, 6.45) is 2.29. The van der Waals surface area contributed by atoms with Gasteiger partial charge in [-0.2, -0.15) is 5.10 Å². The smallest absolute Gasteiger partial charge is 0.0596 e. The summed E-state index contributed by atoms with van der Waals surface area (Å²) in [5, 5.41) is 8.19. The highest BCUT2D eigenvalue weighted by Crippen LogP contribution is 2.15. The van der Waals surface area contributed by atoms with E-state index in [0.717, 1.165) is 25.2 Å². The maximum atomic E-state index is 4.49. The van der Waals surface area contributed by atoms with E-state index in [-0.39, 0.29) is 0 Å². The summed E-state index contributed by atoms with van der Waals surface area (Å²) in [4.78, 5) is 4.99. The number of nitrogens with zero attached hydrogens (tertiary/aromatic N) is 4. The van der Waals surface area contributed by atoms with Crippen LogP contribution < -0.4 is 5.32 Å². The van der Waals surface area contributed by atoms with Crippen LogP contribution in [0.2, 0.25) is 0 Å². The Kier molecular flexibility index (Phi) is 5.79. The molecule has 2 atom stereocenters. The molecule has 0 amide bonds. The van der Waals surface area contributed by atoms with E-state index < -0.39 is 0 Å². The van der Waals surface area contributed by atoms with E-state index in [9.17, 15) is 0 Å². The van der Waals surface area contributed by atoms with Gasteiger partial charge in [-0.25, -0.2) is 0 Å². The van der Waals surface area contributed by atoms with Crippen LogP contribution in [-0.4, -0.2) is 71.9 Å². The molecule has 21 heavy (non-hydrogen) atoms. The first-order chi connectivity index (χ1) is 10.0. The normalized spacial score (nSPS) is 23.2. The van der Waals surface area contributed by atoms with Gasteiger partial charge < -0.3 is 15.1 Å². The van der Waals surface area contributed by atoms with Gasteiger partial charge in [0.15, 0.2) is 0 Å². The third-order valence-corrected chi connectivity index (χ3v) is 4.57. The minimum Gasteiger partial charge on any atom is -0.312 e. The fraction of sp³-hybridized carbons (Fsp3) is 0.812. The summed E-state index contributed by atoms with van der Waals surface area (Å²) in [5.74, 6) is 0. The Balaban J connectivity index is 2.14. The summed E-state index contributed by atoms with van der Waals surface area (Å²) in [6, 6.07) is 3.23. The SMILES string of the molecule is CCNC(Cc1cc(C)nn1C)C1CN(C)CCCN1C. The molecule has 1 aromatic rings. The molecule has 5 nitrogen and oxygen atoms in total. The van der Waals surface area contributed by atoms with Crippen molar-refractivity contribution in [2.45, 2.75) is 38.8 Å². The number of aromatic nitrogens is 2. The fourth-order valence-corrected chi connectivity index (χ4v) is 3.43. The van der Waals surface area contributed by atoms with Gasteiger partial charge in [0.25, 0.3) is 0 Å². The number of rotatable bonds is 5. The maximum Gasteiger partial charge on any atom is 0.0596 e. The zero-order chi connectivity index (χ0) is 15.4. The van der Waals surface area contributed by atoms with Crippen LogP contribution in [0.3, 0.4) is 0 Å². The Morgan fingerprint density at radius 1 is 1.33 bits per heavy atom. The van der Waals surface area contributed by atoms with Gasteiger partial charge in [-0.3, -0.25) is 4.68 Å². The van der Waals surface area contributed by atoms with Crippen molar-refractivity contribution in [3.05, 3.63) is 17.5 Å². The predicted octanol–water partition coefficient (Wildman–Crippen LogP) is 0.885. The summed E-state index contributed by atoms with van der Waals surface area (Å²) >= 11 is 0. The Hall–Kier alpha value is -0.910. The number of hydrogen-bond donors (Lipinski definition) is 1. The van der Waals surface area contributed by atoms with Crippen LogP contribution >= 0.6 is 0 Å². The van der Waals surface area contributed by atoms with Crippen LogP contribution in [0.25, 0.3) is 0 Å². The Labute approximate surface area is 129 Å². The molecule has 2 rings (SSSR count). The number of likely N-dealkylation sites (N-methyl/N-ethyl adjacent to an activating group) is 3. The average Bonchev–Trinajstić information content (AvgIpc) is 2.63. The van der Waals surface area contributed by atoms with Gasteiger partial charge in [-0.1, -0.05) is 6.92 Å². The molecule has 2 heterocycles. The molecule has 1 aromatic heterocycles. The second kappa shape index (κ2) is 7.38. The summed E-state index contributed by atoms with van der Waals surface area (Å²) in [6.45, 7) is 8.78. The summed E-state index contributed by atoms with van der Waals surface area (Å²) in [7, 11) is 6.56. The molecule has 0 aromatic carbocycles. The van der Waals surface area contributed by atoms with Crippen molar-refractivity contribution < 1.29 is 0 Å². The monoisotopic (exact) mass is 293 g/mol. The first kappa shape index (κ1) is 16.5. The second-order valence-electron chi connectivity index (χ2n) is 6.43. The zero-order valence-corrected chi connectivity index (χ0v) is 14.3. The van der Waals surface area contributed by atoms with Crippen LogP contribution in [0, 0.1) is 6.92 Å². The predicted molar refractivity (Wildman–Crippen MR) is 87.6 cm³/mol. The molecular formula is C16H31N5. The largest absolute Gasteiger partial charge is 0.312 e. The van der Waals surface area contributed by atoms with E-state index in [0.29, 0.717) is 12.1 Å². The molecule has 5 heteroatoms. The molecule has 0 aliphatic carbocycles. The zero-order valence-electron chi connectivity index (χ0n) is 14.3. The molecule has 0 bridgehead atoms. The lowest BCUT2D eigenvalue weighted by Crippen LogP contribution is -2.53. The lowest BCUT2D eigenvalue weighted by molar-refractivity contribution is 0.177. The van der Waals surface area contributed by atoms with Gasteiger partial charge in [-0.15, -0.1) is 0 Å². The van der Waals surface area contributed by atoms with E-state index in [2.05, 4.69) is 54.2 Å². The van der Waals surface area contributed by atoms with Gasteiger partial charge in [0, 0.05) is 37.8 Å². The van der Waals surface area contributed by atoms with E-state index in [1.807, 2.05) is 11.7 Å². The van der Waals surface area contributed by atoms with Crippen LogP contribution in [0.1, 0.15) is 24.7 Å². The molecule has 0 radical (unpaired) electrons. The van der Waals surface area contributed by atoms with Crippen LogP contribution in [-0.2, 0) is 13.5 Å². The molecule has 1 aliphatic heterocycles. The van der Waals surface area contributed by atoms with Gasteiger partial charge in [0.2, 0.25) is 0 Å². The van der Waals surface area contributed by atoms with E-state index in [4.69, 9.17) is 0 Å². The van der Waals surface area contributed by atoms with Crippen molar-refractivity contribution in [3.8, 4) is 0 Å².